The molecule has 0 aromatic heterocycles. The van der Waals surface area contributed by atoms with Crippen LogP contribution in [-0.4, -0.2) is 18.6 Å². The van der Waals surface area contributed by atoms with E-state index in [0.717, 1.165) is 11.3 Å². The first kappa shape index (κ1) is 13.6. The maximum Gasteiger partial charge on any atom is 0.222 e. The zero-order valence-electron chi connectivity index (χ0n) is 11.0. The molecule has 1 N–H and O–H groups in total. The molecule has 94 valence electrons. The molecular formula is C14H21NO2. The van der Waals surface area contributed by atoms with E-state index < -0.39 is 0 Å². The van der Waals surface area contributed by atoms with E-state index in [-0.39, 0.29) is 17.9 Å². The van der Waals surface area contributed by atoms with Crippen molar-refractivity contribution in [1.29, 1.82) is 0 Å². The Hall–Kier alpha value is -1.51. The second kappa shape index (κ2) is 6.28. The Morgan fingerprint density at radius 2 is 1.94 bits per heavy atom. The normalized spacial score (nSPS) is 12.3. The van der Waals surface area contributed by atoms with Crippen LogP contribution in [0.3, 0.4) is 0 Å². The van der Waals surface area contributed by atoms with E-state index in [2.05, 4.69) is 5.32 Å². The lowest BCUT2D eigenvalue weighted by Crippen LogP contribution is -2.39. The van der Waals surface area contributed by atoms with Gasteiger partial charge in [0.05, 0.1) is 6.04 Å². The highest BCUT2D eigenvalue weighted by molar-refractivity contribution is 5.78. The van der Waals surface area contributed by atoms with Crippen molar-refractivity contribution in [3.8, 4) is 5.75 Å². The average Bonchev–Trinajstić information content (AvgIpc) is 2.27. The van der Waals surface area contributed by atoms with E-state index in [4.69, 9.17) is 4.74 Å². The first-order valence-corrected chi connectivity index (χ1v) is 5.99. The highest BCUT2D eigenvalue weighted by Gasteiger charge is 2.11. The van der Waals surface area contributed by atoms with E-state index in [1.807, 2.05) is 52.0 Å². The first-order valence-electron chi connectivity index (χ1n) is 5.99. The van der Waals surface area contributed by atoms with E-state index in [0.29, 0.717) is 6.61 Å². The summed E-state index contributed by atoms with van der Waals surface area (Å²) in [4.78, 5) is 11.5. The fourth-order valence-corrected chi connectivity index (χ4v) is 1.38. The van der Waals surface area contributed by atoms with Crippen LogP contribution in [0.2, 0.25) is 0 Å². The number of ether oxygens (including phenoxy) is 1. The molecule has 1 atom stereocenters. The van der Waals surface area contributed by atoms with Gasteiger partial charge in [0.2, 0.25) is 5.91 Å². The third-order valence-corrected chi connectivity index (χ3v) is 2.50. The summed E-state index contributed by atoms with van der Waals surface area (Å²) >= 11 is 0. The molecule has 3 nitrogen and oxygen atoms in total. The minimum atomic E-state index is 0.0101. The Kier molecular flexibility index (Phi) is 5.01. The van der Waals surface area contributed by atoms with E-state index in [9.17, 15) is 4.79 Å². The van der Waals surface area contributed by atoms with Gasteiger partial charge < -0.3 is 10.1 Å². The molecule has 17 heavy (non-hydrogen) atoms. The fraction of sp³-hybridized carbons (Fsp3) is 0.500. The van der Waals surface area contributed by atoms with Gasteiger partial charge >= 0.3 is 0 Å². The zero-order valence-corrected chi connectivity index (χ0v) is 11.0. The molecule has 1 rings (SSSR count). The van der Waals surface area contributed by atoms with Crippen LogP contribution in [0.4, 0.5) is 0 Å². The van der Waals surface area contributed by atoms with Crippen molar-refractivity contribution in [2.45, 2.75) is 33.7 Å². The summed E-state index contributed by atoms with van der Waals surface area (Å²) in [6, 6.07) is 7.88. The van der Waals surface area contributed by atoms with Crippen molar-refractivity contribution in [1.82, 2.24) is 5.32 Å². The summed E-state index contributed by atoms with van der Waals surface area (Å²) < 4.78 is 5.66. The van der Waals surface area contributed by atoms with Gasteiger partial charge in [-0.2, -0.15) is 0 Å². The number of amides is 1. The number of carbonyl (C=O) groups excluding carboxylic acids is 1. The number of carbonyl (C=O) groups is 1. The summed E-state index contributed by atoms with van der Waals surface area (Å²) in [6.45, 7) is 8.20. The summed E-state index contributed by atoms with van der Waals surface area (Å²) in [5, 5.41) is 2.91. The lowest BCUT2D eigenvalue weighted by atomic mass is 10.2. The standard InChI is InChI=1S/C14H21NO2/c1-10(2)14(16)15-12(4)9-17-13-8-6-5-7-11(13)3/h5-8,10,12H,9H2,1-4H3,(H,15,16). The molecule has 0 aliphatic rings. The zero-order chi connectivity index (χ0) is 12.8. The quantitative estimate of drug-likeness (QED) is 0.851. The van der Waals surface area contributed by atoms with Gasteiger partial charge in [0, 0.05) is 5.92 Å². The predicted octanol–water partition coefficient (Wildman–Crippen LogP) is 2.53. The number of hydrogen-bond donors (Lipinski definition) is 1. The Balaban J connectivity index is 2.41. The summed E-state index contributed by atoms with van der Waals surface area (Å²) in [6.07, 6.45) is 0. The van der Waals surface area contributed by atoms with E-state index in [1.165, 1.54) is 0 Å². The highest BCUT2D eigenvalue weighted by Crippen LogP contribution is 2.16. The molecule has 0 fully saturated rings. The third kappa shape index (κ3) is 4.47. The van der Waals surface area contributed by atoms with Gasteiger partial charge in [0.1, 0.15) is 12.4 Å². The van der Waals surface area contributed by atoms with Gasteiger partial charge in [-0.1, -0.05) is 32.0 Å². The van der Waals surface area contributed by atoms with Crippen LogP contribution in [0.25, 0.3) is 0 Å². The van der Waals surface area contributed by atoms with Gasteiger partial charge in [-0.15, -0.1) is 0 Å². The maximum atomic E-state index is 11.5. The van der Waals surface area contributed by atoms with Crippen LogP contribution in [-0.2, 0) is 4.79 Å². The monoisotopic (exact) mass is 235 g/mol. The van der Waals surface area contributed by atoms with Crippen LogP contribution in [0.1, 0.15) is 26.3 Å². The molecular weight excluding hydrogens is 214 g/mol. The molecule has 3 heteroatoms. The van der Waals surface area contributed by atoms with Gasteiger partial charge in [-0.05, 0) is 25.5 Å². The van der Waals surface area contributed by atoms with E-state index >= 15 is 0 Å². The molecule has 0 aliphatic heterocycles. The average molecular weight is 235 g/mol. The highest BCUT2D eigenvalue weighted by atomic mass is 16.5. The summed E-state index contributed by atoms with van der Waals surface area (Å²) in [7, 11) is 0. The molecule has 1 unspecified atom stereocenters. The number of rotatable bonds is 5. The van der Waals surface area contributed by atoms with Gasteiger partial charge in [0.15, 0.2) is 0 Å². The number of aryl methyl sites for hydroxylation is 1. The molecule has 0 heterocycles. The van der Waals surface area contributed by atoms with Crippen molar-refractivity contribution < 1.29 is 9.53 Å². The SMILES string of the molecule is Cc1ccccc1OCC(C)NC(=O)C(C)C. The topological polar surface area (TPSA) is 38.3 Å². The van der Waals surface area contributed by atoms with Gasteiger partial charge in [-0.25, -0.2) is 0 Å². The maximum absolute atomic E-state index is 11.5. The van der Waals surface area contributed by atoms with E-state index in [1.54, 1.807) is 0 Å². The number of hydrogen-bond acceptors (Lipinski definition) is 2. The summed E-state index contributed by atoms with van der Waals surface area (Å²) in [5.74, 6) is 0.944. The Labute approximate surface area is 103 Å². The number of para-hydroxylation sites is 1. The molecule has 1 amide bonds. The van der Waals surface area contributed by atoms with Crippen LogP contribution in [0.15, 0.2) is 24.3 Å². The number of benzene rings is 1. The van der Waals surface area contributed by atoms with Crippen molar-refractivity contribution >= 4 is 5.91 Å². The third-order valence-electron chi connectivity index (χ3n) is 2.50. The predicted molar refractivity (Wildman–Crippen MR) is 69.1 cm³/mol. The van der Waals surface area contributed by atoms with Crippen molar-refractivity contribution in [2.75, 3.05) is 6.61 Å². The molecule has 0 aliphatic carbocycles. The summed E-state index contributed by atoms with van der Waals surface area (Å²) in [5.41, 5.74) is 1.11. The van der Waals surface area contributed by atoms with Crippen LogP contribution in [0.5, 0.6) is 5.75 Å². The smallest absolute Gasteiger partial charge is 0.222 e. The molecule has 0 saturated carbocycles. The Morgan fingerprint density at radius 3 is 2.53 bits per heavy atom. The van der Waals surface area contributed by atoms with Crippen LogP contribution in [0, 0.1) is 12.8 Å². The van der Waals surface area contributed by atoms with Gasteiger partial charge in [0.25, 0.3) is 0 Å². The number of nitrogens with one attached hydrogen (secondary N) is 1. The van der Waals surface area contributed by atoms with Crippen LogP contribution >= 0.6 is 0 Å². The first-order chi connectivity index (χ1) is 8.00. The lowest BCUT2D eigenvalue weighted by molar-refractivity contribution is -0.124. The Morgan fingerprint density at radius 1 is 1.29 bits per heavy atom. The molecule has 1 aromatic carbocycles. The molecule has 1 aromatic rings. The molecule has 0 saturated heterocycles. The largest absolute Gasteiger partial charge is 0.491 e. The van der Waals surface area contributed by atoms with Crippen LogP contribution < -0.4 is 10.1 Å². The molecule has 0 radical (unpaired) electrons. The van der Waals surface area contributed by atoms with Crippen molar-refractivity contribution in [3.05, 3.63) is 29.8 Å². The molecule has 0 bridgehead atoms. The van der Waals surface area contributed by atoms with Crippen molar-refractivity contribution in [3.63, 3.8) is 0 Å². The minimum absolute atomic E-state index is 0.0101. The van der Waals surface area contributed by atoms with Crippen molar-refractivity contribution in [2.24, 2.45) is 5.92 Å². The lowest BCUT2D eigenvalue weighted by Gasteiger charge is -2.17. The second-order valence-corrected chi connectivity index (χ2v) is 4.64. The molecule has 0 spiro atoms. The van der Waals surface area contributed by atoms with Gasteiger partial charge in [-0.3, -0.25) is 4.79 Å². The fourth-order valence-electron chi connectivity index (χ4n) is 1.38. The minimum Gasteiger partial charge on any atom is -0.491 e. The second-order valence-electron chi connectivity index (χ2n) is 4.64. The Bertz CT molecular complexity index is 374.